The van der Waals surface area contributed by atoms with Crippen LogP contribution >= 0.6 is 0 Å². The van der Waals surface area contributed by atoms with Gasteiger partial charge in [0.15, 0.2) is 0 Å². The minimum absolute atomic E-state index is 0.0176. The van der Waals surface area contributed by atoms with Crippen molar-refractivity contribution < 1.29 is 27.6 Å². The molecule has 0 bridgehead atoms. The molecule has 0 aliphatic rings. The zero-order valence-corrected chi connectivity index (χ0v) is 12.0. The van der Waals surface area contributed by atoms with Crippen LogP contribution in [0, 0.1) is 10.1 Å². The molecule has 0 aliphatic carbocycles. The smallest absolute Gasteiger partial charge is 0.394 e. The van der Waals surface area contributed by atoms with Gasteiger partial charge in [0, 0.05) is 12.1 Å². The fraction of sp³-hybridized carbons (Fsp3) is 0.273. The summed E-state index contributed by atoms with van der Waals surface area (Å²) >= 11 is 0. The summed E-state index contributed by atoms with van der Waals surface area (Å²) < 4.78 is 36.3. The quantitative estimate of drug-likeness (QED) is 0.265. The lowest BCUT2D eigenvalue weighted by atomic mass is 10.3. The van der Waals surface area contributed by atoms with Gasteiger partial charge in [-0.25, -0.2) is 4.79 Å². The molecule has 0 spiro atoms. The Labute approximate surface area is 120 Å². The Morgan fingerprint density at radius 3 is 2.33 bits per heavy atom. The van der Waals surface area contributed by atoms with E-state index in [1.165, 1.54) is 6.92 Å². The van der Waals surface area contributed by atoms with E-state index in [0.717, 1.165) is 31.4 Å². The van der Waals surface area contributed by atoms with Gasteiger partial charge in [0.2, 0.25) is 0 Å². The number of nitro groups is 1. The number of rotatable bonds is 4. The van der Waals surface area contributed by atoms with Crippen molar-refractivity contribution in [2.45, 2.75) is 11.8 Å². The standard InChI is InChI=1S/C11H12N2O7S/c1-3-20-10(11(14)19-2)12-21(17,18)9-6-4-8(5-7-9)13(15)16/h4-7H,3H2,1-2H3. The number of sulfonamides is 1. The highest BCUT2D eigenvalue weighted by molar-refractivity contribution is 7.90. The van der Waals surface area contributed by atoms with E-state index in [1.807, 2.05) is 0 Å². The van der Waals surface area contributed by atoms with Crippen molar-refractivity contribution in [1.29, 1.82) is 0 Å². The van der Waals surface area contributed by atoms with E-state index in [1.54, 1.807) is 0 Å². The monoisotopic (exact) mass is 316 g/mol. The van der Waals surface area contributed by atoms with Crippen LogP contribution in [0.2, 0.25) is 0 Å². The Morgan fingerprint density at radius 2 is 1.90 bits per heavy atom. The predicted octanol–water partition coefficient (Wildman–Crippen LogP) is 0.892. The molecule has 10 heteroatoms. The number of methoxy groups -OCH3 is 1. The van der Waals surface area contributed by atoms with Gasteiger partial charge in [0.05, 0.1) is 23.5 Å². The van der Waals surface area contributed by atoms with Crippen LogP contribution in [0.3, 0.4) is 0 Å². The number of carbonyl (C=O) groups is 1. The summed E-state index contributed by atoms with van der Waals surface area (Å²) in [5.74, 6) is -1.75. The molecule has 1 aromatic rings. The van der Waals surface area contributed by atoms with Crippen molar-refractivity contribution in [3.63, 3.8) is 0 Å². The van der Waals surface area contributed by atoms with Gasteiger partial charge in [-0.1, -0.05) is 0 Å². The van der Waals surface area contributed by atoms with Gasteiger partial charge in [0.25, 0.3) is 15.7 Å². The van der Waals surface area contributed by atoms with E-state index in [0.29, 0.717) is 0 Å². The van der Waals surface area contributed by atoms with E-state index in [-0.39, 0.29) is 17.2 Å². The first-order chi connectivity index (χ1) is 9.81. The molecule has 0 atom stereocenters. The number of nitro benzene ring substituents is 1. The van der Waals surface area contributed by atoms with Gasteiger partial charge in [-0.05, 0) is 19.1 Å². The zero-order chi connectivity index (χ0) is 16.0. The van der Waals surface area contributed by atoms with Crippen LogP contribution in [0.4, 0.5) is 5.69 Å². The van der Waals surface area contributed by atoms with Crippen LogP contribution in [-0.4, -0.2) is 38.9 Å². The number of nitrogens with zero attached hydrogens (tertiary/aromatic N) is 2. The van der Waals surface area contributed by atoms with Crippen molar-refractivity contribution in [2.24, 2.45) is 4.40 Å². The molecule has 0 aliphatic heterocycles. The van der Waals surface area contributed by atoms with E-state index in [9.17, 15) is 23.3 Å². The molecule has 0 fully saturated rings. The average Bonchev–Trinajstić information content (AvgIpc) is 2.45. The summed E-state index contributed by atoms with van der Waals surface area (Å²) in [6.07, 6.45) is 0. The third kappa shape index (κ3) is 4.24. The summed E-state index contributed by atoms with van der Waals surface area (Å²) in [6, 6.07) is 4.05. The van der Waals surface area contributed by atoms with E-state index in [2.05, 4.69) is 9.13 Å². The van der Waals surface area contributed by atoms with Crippen molar-refractivity contribution in [3.8, 4) is 0 Å². The van der Waals surface area contributed by atoms with Crippen LogP contribution in [0.5, 0.6) is 0 Å². The molecule has 0 saturated heterocycles. The first-order valence-corrected chi connectivity index (χ1v) is 7.06. The molecule has 0 heterocycles. The number of hydrogen-bond donors (Lipinski definition) is 0. The molecule has 1 rings (SSSR count). The molecule has 0 radical (unpaired) electrons. The molecule has 0 unspecified atom stereocenters. The molecule has 1 aromatic carbocycles. The maximum absolute atomic E-state index is 12.0. The average molecular weight is 316 g/mol. The van der Waals surface area contributed by atoms with Crippen LogP contribution in [-0.2, 0) is 24.3 Å². The lowest BCUT2D eigenvalue weighted by molar-refractivity contribution is -0.384. The second kappa shape index (κ2) is 6.79. The van der Waals surface area contributed by atoms with Crippen LogP contribution in [0.15, 0.2) is 33.6 Å². The lowest BCUT2D eigenvalue weighted by Crippen LogP contribution is -2.21. The third-order valence-electron chi connectivity index (χ3n) is 2.19. The second-order valence-corrected chi connectivity index (χ2v) is 5.15. The highest BCUT2D eigenvalue weighted by Crippen LogP contribution is 2.18. The maximum Gasteiger partial charge on any atom is 0.394 e. The summed E-state index contributed by atoms with van der Waals surface area (Å²) in [6.45, 7) is 1.56. The number of benzene rings is 1. The summed E-state index contributed by atoms with van der Waals surface area (Å²) in [7, 11) is -3.19. The van der Waals surface area contributed by atoms with Crippen molar-refractivity contribution in [2.75, 3.05) is 13.7 Å². The van der Waals surface area contributed by atoms with Gasteiger partial charge < -0.3 is 9.47 Å². The minimum Gasteiger partial charge on any atom is -0.472 e. The first kappa shape index (κ1) is 16.6. The summed E-state index contributed by atoms with van der Waals surface area (Å²) in [4.78, 5) is 20.8. The zero-order valence-electron chi connectivity index (χ0n) is 11.2. The van der Waals surface area contributed by atoms with Gasteiger partial charge in [-0.2, -0.15) is 8.42 Å². The molecule has 9 nitrogen and oxygen atoms in total. The van der Waals surface area contributed by atoms with Crippen LogP contribution in [0.25, 0.3) is 0 Å². The van der Waals surface area contributed by atoms with Crippen molar-refractivity contribution in [3.05, 3.63) is 34.4 Å². The second-order valence-electron chi connectivity index (χ2n) is 3.55. The highest BCUT2D eigenvalue weighted by Gasteiger charge is 2.21. The largest absolute Gasteiger partial charge is 0.472 e. The summed E-state index contributed by atoms with van der Waals surface area (Å²) in [5.41, 5.74) is -0.268. The molecule has 21 heavy (non-hydrogen) atoms. The fourth-order valence-corrected chi connectivity index (χ4v) is 2.18. The van der Waals surface area contributed by atoms with Crippen LogP contribution < -0.4 is 0 Å². The van der Waals surface area contributed by atoms with Gasteiger partial charge >= 0.3 is 11.9 Å². The highest BCUT2D eigenvalue weighted by atomic mass is 32.2. The number of carbonyl (C=O) groups excluding carboxylic acids is 1. The van der Waals surface area contributed by atoms with E-state index < -0.39 is 26.8 Å². The lowest BCUT2D eigenvalue weighted by Gasteiger charge is -2.05. The Morgan fingerprint density at radius 1 is 1.33 bits per heavy atom. The number of non-ortho nitro benzene ring substituents is 1. The SMILES string of the molecule is CCOC(=NS(=O)(=O)c1ccc([N+](=O)[O-])cc1)C(=O)OC. The predicted molar refractivity (Wildman–Crippen MR) is 71.4 cm³/mol. The number of hydrogen-bond acceptors (Lipinski definition) is 7. The Balaban J connectivity index is 3.19. The van der Waals surface area contributed by atoms with Crippen molar-refractivity contribution >= 4 is 27.6 Å². The fourth-order valence-electron chi connectivity index (χ4n) is 1.25. The number of ether oxygens (including phenoxy) is 2. The molecule has 0 aromatic heterocycles. The summed E-state index contributed by atoms with van der Waals surface area (Å²) in [5, 5.41) is 10.5. The Bertz CT molecular complexity index is 664. The van der Waals surface area contributed by atoms with Crippen LogP contribution in [0.1, 0.15) is 6.92 Å². The Kier molecular flexibility index (Phi) is 5.36. The molecule has 0 saturated carbocycles. The van der Waals surface area contributed by atoms with Gasteiger partial charge in [0.1, 0.15) is 0 Å². The minimum atomic E-state index is -4.24. The molecular weight excluding hydrogens is 304 g/mol. The van der Waals surface area contributed by atoms with Gasteiger partial charge in [-0.15, -0.1) is 4.40 Å². The Hall–Kier alpha value is -2.49. The molecule has 114 valence electrons. The third-order valence-corrected chi connectivity index (χ3v) is 3.46. The molecule has 0 amide bonds. The van der Waals surface area contributed by atoms with E-state index in [4.69, 9.17) is 4.74 Å². The normalized spacial score (nSPS) is 11.8. The molecule has 0 N–H and O–H groups in total. The van der Waals surface area contributed by atoms with Gasteiger partial charge in [-0.3, -0.25) is 10.1 Å². The topological polar surface area (TPSA) is 125 Å². The van der Waals surface area contributed by atoms with Crippen molar-refractivity contribution in [1.82, 2.24) is 0 Å². The number of esters is 1. The van der Waals surface area contributed by atoms with E-state index >= 15 is 0 Å². The first-order valence-electron chi connectivity index (χ1n) is 5.62. The molecular formula is C11H12N2O7S. The maximum atomic E-state index is 12.0.